The highest BCUT2D eigenvalue weighted by Gasteiger charge is 2.36. The molecule has 1 fully saturated rings. The van der Waals surface area contributed by atoms with E-state index >= 15 is 0 Å². The van der Waals surface area contributed by atoms with Crippen molar-refractivity contribution in [2.45, 2.75) is 44.4 Å². The Morgan fingerprint density at radius 3 is 2.58 bits per heavy atom. The highest BCUT2D eigenvalue weighted by molar-refractivity contribution is 5.80. The van der Waals surface area contributed by atoms with Crippen LogP contribution < -0.4 is 4.74 Å². The molecule has 26 heavy (non-hydrogen) atoms. The van der Waals surface area contributed by atoms with Crippen molar-refractivity contribution in [2.75, 3.05) is 0 Å². The largest absolute Gasteiger partial charge is 0.489 e. The number of hydrogen-bond acceptors (Lipinski definition) is 1. The summed E-state index contributed by atoms with van der Waals surface area (Å²) in [5, 5.41) is 1.01. The molecule has 0 aliphatic heterocycles. The minimum absolute atomic E-state index is 0.0255. The van der Waals surface area contributed by atoms with Crippen molar-refractivity contribution in [2.24, 2.45) is 0 Å². The maximum Gasteiger partial charge on any atom is 0.416 e. The van der Waals surface area contributed by atoms with Gasteiger partial charge in [-0.3, -0.25) is 0 Å². The fourth-order valence-electron chi connectivity index (χ4n) is 3.82. The molecule has 4 rings (SSSR count). The lowest BCUT2D eigenvalue weighted by Crippen LogP contribution is -2.12. The number of halogens is 3. The van der Waals surface area contributed by atoms with Gasteiger partial charge in [0.2, 0.25) is 0 Å². The first kappa shape index (κ1) is 17.0. The molecule has 0 amide bonds. The van der Waals surface area contributed by atoms with E-state index in [4.69, 9.17) is 4.74 Å². The van der Waals surface area contributed by atoms with Crippen LogP contribution in [-0.4, -0.2) is 4.98 Å². The van der Waals surface area contributed by atoms with Crippen molar-refractivity contribution in [3.8, 4) is 5.75 Å². The van der Waals surface area contributed by atoms with Gasteiger partial charge in [0.1, 0.15) is 12.4 Å². The number of fused-ring (bicyclic) bond motifs is 1. The highest BCUT2D eigenvalue weighted by atomic mass is 19.4. The minimum atomic E-state index is -4.34. The summed E-state index contributed by atoms with van der Waals surface area (Å²) in [6.45, 7) is 0.115. The Kier molecular flexibility index (Phi) is 4.39. The van der Waals surface area contributed by atoms with Crippen molar-refractivity contribution in [1.29, 1.82) is 0 Å². The van der Waals surface area contributed by atoms with Gasteiger partial charge in [0.15, 0.2) is 0 Å². The summed E-state index contributed by atoms with van der Waals surface area (Å²) >= 11 is 0. The predicted octanol–water partition coefficient (Wildman–Crippen LogP) is 6.42. The molecule has 0 saturated heterocycles. The van der Waals surface area contributed by atoms with Gasteiger partial charge < -0.3 is 9.72 Å². The molecule has 1 saturated carbocycles. The van der Waals surface area contributed by atoms with E-state index < -0.39 is 11.7 Å². The summed E-state index contributed by atoms with van der Waals surface area (Å²) in [5.74, 6) is 0.670. The van der Waals surface area contributed by atoms with E-state index in [9.17, 15) is 13.2 Å². The monoisotopic (exact) mass is 359 g/mol. The lowest BCUT2D eigenvalue weighted by atomic mass is 9.91. The van der Waals surface area contributed by atoms with Crippen LogP contribution >= 0.6 is 0 Å². The van der Waals surface area contributed by atoms with Gasteiger partial charge in [-0.1, -0.05) is 25.0 Å². The molecular formula is C21H20F3NO. The average molecular weight is 359 g/mol. The number of H-pyrrole nitrogens is 1. The van der Waals surface area contributed by atoms with E-state index in [0.717, 1.165) is 36.6 Å². The molecule has 1 aromatic heterocycles. The molecule has 1 heterocycles. The quantitative estimate of drug-likeness (QED) is 0.571. The van der Waals surface area contributed by atoms with Gasteiger partial charge in [0, 0.05) is 17.1 Å². The van der Waals surface area contributed by atoms with Gasteiger partial charge in [0.05, 0.1) is 5.56 Å². The number of nitrogens with one attached hydrogen (secondary N) is 1. The van der Waals surface area contributed by atoms with Crippen LogP contribution in [0.5, 0.6) is 5.75 Å². The van der Waals surface area contributed by atoms with Crippen molar-refractivity contribution in [3.05, 3.63) is 65.4 Å². The third-order valence-corrected chi connectivity index (χ3v) is 5.15. The topological polar surface area (TPSA) is 25.0 Å². The first-order chi connectivity index (χ1) is 12.5. The third kappa shape index (κ3) is 3.43. The molecule has 3 aromatic rings. The average Bonchev–Trinajstić information content (AvgIpc) is 3.30. The van der Waals surface area contributed by atoms with Gasteiger partial charge in [-0.25, -0.2) is 0 Å². The van der Waals surface area contributed by atoms with Gasteiger partial charge in [-0.15, -0.1) is 0 Å². The summed E-state index contributed by atoms with van der Waals surface area (Å²) in [6, 6.07) is 12.2. The third-order valence-electron chi connectivity index (χ3n) is 5.15. The fourth-order valence-corrected chi connectivity index (χ4v) is 3.82. The SMILES string of the molecule is FC(F)(F)c1cc(COc2ccc3[nH]ccc3c2)ccc1C1CCCC1. The number of aromatic nitrogens is 1. The van der Waals surface area contributed by atoms with Crippen molar-refractivity contribution in [3.63, 3.8) is 0 Å². The summed E-state index contributed by atoms with van der Waals surface area (Å²) in [4.78, 5) is 3.10. The van der Waals surface area contributed by atoms with Crippen LogP contribution in [0, 0.1) is 0 Å². The summed E-state index contributed by atoms with van der Waals surface area (Å²) < 4.78 is 46.3. The molecule has 0 atom stereocenters. The molecule has 2 nitrogen and oxygen atoms in total. The Bertz CT molecular complexity index is 907. The fraction of sp³-hybridized carbons (Fsp3) is 0.333. The molecule has 0 radical (unpaired) electrons. The molecule has 136 valence electrons. The Labute approximate surface area is 150 Å². The second-order valence-electron chi connectivity index (χ2n) is 6.92. The number of ether oxygens (including phenoxy) is 1. The summed E-state index contributed by atoms with van der Waals surface area (Å²) in [5.41, 5.74) is 1.46. The number of hydrogen-bond donors (Lipinski definition) is 1. The molecule has 1 aliphatic carbocycles. The first-order valence-electron chi connectivity index (χ1n) is 8.91. The second-order valence-corrected chi connectivity index (χ2v) is 6.92. The predicted molar refractivity (Wildman–Crippen MR) is 95.3 cm³/mol. The van der Waals surface area contributed by atoms with E-state index in [0.29, 0.717) is 16.9 Å². The smallest absolute Gasteiger partial charge is 0.416 e. The maximum absolute atomic E-state index is 13.5. The summed E-state index contributed by atoms with van der Waals surface area (Å²) in [6.07, 6.45) is 1.21. The van der Waals surface area contributed by atoms with Crippen LogP contribution in [0.25, 0.3) is 10.9 Å². The Morgan fingerprint density at radius 1 is 1.00 bits per heavy atom. The van der Waals surface area contributed by atoms with E-state index in [1.54, 1.807) is 12.1 Å². The zero-order chi connectivity index (χ0) is 18.1. The van der Waals surface area contributed by atoms with Crippen LogP contribution in [0.15, 0.2) is 48.7 Å². The van der Waals surface area contributed by atoms with Gasteiger partial charge in [0.25, 0.3) is 0 Å². The van der Waals surface area contributed by atoms with Crippen molar-refractivity contribution >= 4 is 10.9 Å². The Morgan fingerprint density at radius 2 is 1.81 bits per heavy atom. The lowest BCUT2D eigenvalue weighted by molar-refractivity contribution is -0.138. The lowest BCUT2D eigenvalue weighted by Gasteiger charge is -2.19. The highest BCUT2D eigenvalue weighted by Crippen LogP contribution is 2.42. The molecule has 0 spiro atoms. The van der Waals surface area contributed by atoms with E-state index in [-0.39, 0.29) is 12.5 Å². The van der Waals surface area contributed by atoms with Gasteiger partial charge >= 0.3 is 6.18 Å². The number of alkyl halides is 3. The minimum Gasteiger partial charge on any atom is -0.489 e. The van der Waals surface area contributed by atoms with Crippen LogP contribution in [0.4, 0.5) is 13.2 Å². The molecule has 2 aromatic carbocycles. The normalized spacial score (nSPS) is 15.7. The van der Waals surface area contributed by atoms with Crippen molar-refractivity contribution < 1.29 is 17.9 Å². The second kappa shape index (κ2) is 6.71. The first-order valence-corrected chi connectivity index (χ1v) is 8.91. The van der Waals surface area contributed by atoms with Crippen LogP contribution in [0.3, 0.4) is 0 Å². The van der Waals surface area contributed by atoms with E-state index in [1.165, 1.54) is 6.07 Å². The Balaban J connectivity index is 1.56. The zero-order valence-electron chi connectivity index (χ0n) is 14.3. The van der Waals surface area contributed by atoms with Crippen molar-refractivity contribution in [1.82, 2.24) is 4.98 Å². The maximum atomic E-state index is 13.5. The van der Waals surface area contributed by atoms with Crippen LogP contribution in [-0.2, 0) is 12.8 Å². The van der Waals surface area contributed by atoms with Crippen LogP contribution in [0.1, 0.15) is 48.3 Å². The standard InChI is InChI=1S/C21H20F3NO/c22-21(23,24)19-11-14(5-7-18(19)15-3-1-2-4-15)13-26-17-6-8-20-16(12-17)9-10-25-20/h5-12,15,25H,1-4,13H2. The molecule has 1 aliphatic rings. The van der Waals surface area contributed by atoms with Gasteiger partial charge in [-0.05, 0) is 60.2 Å². The number of aromatic amines is 1. The van der Waals surface area contributed by atoms with Crippen LogP contribution in [0.2, 0.25) is 0 Å². The van der Waals surface area contributed by atoms with E-state index in [2.05, 4.69) is 4.98 Å². The van der Waals surface area contributed by atoms with E-state index in [1.807, 2.05) is 30.5 Å². The number of benzene rings is 2. The Hall–Kier alpha value is -2.43. The molecule has 5 heteroatoms. The number of rotatable bonds is 4. The molecule has 0 bridgehead atoms. The zero-order valence-corrected chi connectivity index (χ0v) is 14.3. The van der Waals surface area contributed by atoms with Gasteiger partial charge in [-0.2, -0.15) is 13.2 Å². The molecule has 0 unspecified atom stereocenters. The summed E-state index contributed by atoms with van der Waals surface area (Å²) in [7, 11) is 0. The molecular weight excluding hydrogens is 339 g/mol. The molecule has 1 N–H and O–H groups in total.